The highest BCUT2D eigenvalue weighted by atomic mass is 19.4. The van der Waals surface area contributed by atoms with Gasteiger partial charge >= 0.3 is 6.36 Å². The van der Waals surface area contributed by atoms with Gasteiger partial charge in [0.05, 0.1) is 0 Å². The number of hydrogen-bond donors (Lipinski definition) is 1. The van der Waals surface area contributed by atoms with Gasteiger partial charge < -0.3 is 10.1 Å². The minimum absolute atomic E-state index is 0.142. The fourth-order valence-corrected chi connectivity index (χ4v) is 2.75. The lowest BCUT2D eigenvalue weighted by molar-refractivity contribution is -0.274. The van der Waals surface area contributed by atoms with Crippen molar-refractivity contribution in [1.82, 2.24) is 10.2 Å². The molecule has 1 aliphatic rings. The van der Waals surface area contributed by atoms with Crippen LogP contribution in [0.4, 0.5) is 13.2 Å². The van der Waals surface area contributed by atoms with Gasteiger partial charge in [-0.2, -0.15) is 0 Å². The van der Waals surface area contributed by atoms with Gasteiger partial charge in [-0.15, -0.1) is 13.2 Å². The van der Waals surface area contributed by atoms with Crippen LogP contribution in [0.2, 0.25) is 0 Å². The third-order valence-electron chi connectivity index (χ3n) is 3.63. The molecule has 1 N–H and O–H groups in total. The van der Waals surface area contributed by atoms with Crippen molar-refractivity contribution in [1.29, 1.82) is 0 Å². The van der Waals surface area contributed by atoms with Crippen molar-refractivity contribution in [3.05, 3.63) is 29.8 Å². The van der Waals surface area contributed by atoms with Crippen LogP contribution in [-0.4, -0.2) is 37.4 Å². The zero-order valence-electron chi connectivity index (χ0n) is 12.1. The van der Waals surface area contributed by atoms with Crippen LogP contribution in [0.1, 0.15) is 31.4 Å². The zero-order valence-corrected chi connectivity index (χ0v) is 12.1. The van der Waals surface area contributed by atoms with Crippen molar-refractivity contribution in [2.24, 2.45) is 0 Å². The number of nitrogens with one attached hydrogen (secondary N) is 1. The molecule has 1 aromatic rings. The first-order valence-corrected chi connectivity index (χ1v) is 7.30. The number of halogens is 3. The lowest BCUT2D eigenvalue weighted by atomic mass is 9.99. The van der Waals surface area contributed by atoms with E-state index in [4.69, 9.17) is 0 Å². The topological polar surface area (TPSA) is 24.5 Å². The maximum absolute atomic E-state index is 12.3. The molecule has 118 valence electrons. The Kier molecular flexibility index (Phi) is 5.47. The number of rotatable bonds is 5. The van der Waals surface area contributed by atoms with Gasteiger partial charge in [0.25, 0.3) is 0 Å². The van der Waals surface area contributed by atoms with Crippen LogP contribution in [0.5, 0.6) is 5.75 Å². The summed E-state index contributed by atoms with van der Waals surface area (Å²) in [6.45, 7) is 5.74. The molecule has 0 unspecified atom stereocenters. The molecule has 0 saturated carbocycles. The van der Waals surface area contributed by atoms with Crippen molar-refractivity contribution in [3.8, 4) is 5.75 Å². The molecule has 6 heteroatoms. The minimum Gasteiger partial charge on any atom is -0.406 e. The highest BCUT2D eigenvalue weighted by Gasteiger charge is 2.31. The normalized spacial score (nSPS) is 18.5. The van der Waals surface area contributed by atoms with Crippen LogP contribution >= 0.6 is 0 Å². The van der Waals surface area contributed by atoms with E-state index in [0.717, 1.165) is 44.6 Å². The molecule has 1 atom stereocenters. The lowest BCUT2D eigenvalue weighted by Gasteiger charge is -2.35. The summed E-state index contributed by atoms with van der Waals surface area (Å²) in [6.07, 6.45) is -2.73. The number of benzene rings is 1. The SMILES string of the molecule is CCC[C@@H](c1cccc(OC(F)(F)F)c1)N1CCNCC1. The first-order chi connectivity index (χ1) is 9.99. The van der Waals surface area contributed by atoms with Crippen molar-refractivity contribution >= 4 is 0 Å². The van der Waals surface area contributed by atoms with E-state index >= 15 is 0 Å². The Morgan fingerprint density at radius 1 is 1.29 bits per heavy atom. The van der Waals surface area contributed by atoms with Gasteiger partial charge in [-0.05, 0) is 24.1 Å². The number of hydrogen-bond acceptors (Lipinski definition) is 3. The van der Waals surface area contributed by atoms with Gasteiger partial charge in [0.1, 0.15) is 5.75 Å². The minimum atomic E-state index is -4.64. The molecule has 0 radical (unpaired) electrons. The standard InChI is InChI=1S/C15H21F3N2O/c1-2-4-14(20-9-7-19-8-10-20)12-5-3-6-13(11-12)21-15(16,17)18/h3,5-6,11,14,19H,2,4,7-10H2,1H3/t14-/m0/s1. The fraction of sp³-hybridized carbons (Fsp3) is 0.600. The van der Waals surface area contributed by atoms with Crippen LogP contribution in [0.3, 0.4) is 0 Å². The molecule has 0 bridgehead atoms. The lowest BCUT2D eigenvalue weighted by Crippen LogP contribution is -2.45. The summed E-state index contributed by atoms with van der Waals surface area (Å²) in [5.74, 6) is -0.142. The molecule has 1 fully saturated rings. The summed E-state index contributed by atoms with van der Waals surface area (Å²) in [5.41, 5.74) is 0.889. The molecule has 1 saturated heterocycles. The van der Waals surface area contributed by atoms with Crippen molar-refractivity contribution in [2.75, 3.05) is 26.2 Å². The second-order valence-electron chi connectivity index (χ2n) is 5.21. The summed E-state index contributed by atoms with van der Waals surface area (Å²) in [4.78, 5) is 2.33. The number of ether oxygens (including phenoxy) is 1. The molecule has 3 nitrogen and oxygen atoms in total. The Bertz CT molecular complexity index is 445. The van der Waals surface area contributed by atoms with Gasteiger partial charge in [0.15, 0.2) is 0 Å². The molecule has 1 aliphatic heterocycles. The van der Waals surface area contributed by atoms with Gasteiger partial charge in [-0.1, -0.05) is 25.5 Å². The maximum Gasteiger partial charge on any atom is 0.573 e. The van der Waals surface area contributed by atoms with E-state index in [1.807, 2.05) is 6.07 Å². The van der Waals surface area contributed by atoms with E-state index in [1.54, 1.807) is 6.07 Å². The molecule has 2 rings (SSSR count). The fourth-order valence-electron chi connectivity index (χ4n) is 2.75. The molecule has 1 heterocycles. The predicted octanol–water partition coefficient (Wildman–Crippen LogP) is 3.33. The molecule has 0 aromatic heterocycles. The molecule has 0 aliphatic carbocycles. The Morgan fingerprint density at radius 2 is 2.00 bits per heavy atom. The van der Waals surface area contributed by atoms with Gasteiger partial charge in [0.2, 0.25) is 0 Å². The number of alkyl halides is 3. The van der Waals surface area contributed by atoms with Crippen molar-refractivity contribution in [2.45, 2.75) is 32.2 Å². The van der Waals surface area contributed by atoms with Crippen LogP contribution < -0.4 is 10.1 Å². The molecular weight excluding hydrogens is 281 g/mol. The molecule has 0 amide bonds. The third kappa shape index (κ3) is 4.89. The average Bonchev–Trinajstić information content (AvgIpc) is 2.44. The summed E-state index contributed by atoms with van der Waals surface area (Å²) in [7, 11) is 0. The average molecular weight is 302 g/mol. The predicted molar refractivity (Wildman–Crippen MR) is 75.2 cm³/mol. The summed E-state index contributed by atoms with van der Waals surface area (Å²) in [6, 6.07) is 6.51. The van der Waals surface area contributed by atoms with Gasteiger partial charge in [-0.3, -0.25) is 4.90 Å². The van der Waals surface area contributed by atoms with Crippen LogP contribution in [0.25, 0.3) is 0 Å². The Labute approximate surface area is 123 Å². The Balaban J connectivity index is 2.17. The van der Waals surface area contributed by atoms with E-state index < -0.39 is 6.36 Å². The highest BCUT2D eigenvalue weighted by Crippen LogP contribution is 2.30. The number of nitrogens with zero attached hydrogens (tertiary/aromatic N) is 1. The Morgan fingerprint density at radius 3 is 2.62 bits per heavy atom. The molecule has 1 aromatic carbocycles. The van der Waals surface area contributed by atoms with E-state index in [1.165, 1.54) is 12.1 Å². The van der Waals surface area contributed by atoms with E-state index in [0.29, 0.717) is 0 Å². The third-order valence-corrected chi connectivity index (χ3v) is 3.63. The van der Waals surface area contributed by atoms with Gasteiger partial charge in [0, 0.05) is 32.2 Å². The first kappa shape index (κ1) is 16.1. The second kappa shape index (κ2) is 7.13. The monoisotopic (exact) mass is 302 g/mol. The number of piperazine rings is 1. The van der Waals surface area contributed by atoms with Gasteiger partial charge in [-0.25, -0.2) is 0 Å². The molecule has 0 spiro atoms. The summed E-state index contributed by atoms with van der Waals surface area (Å²) in [5, 5.41) is 3.29. The van der Waals surface area contributed by atoms with Crippen molar-refractivity contribution in [3.63, 3.8) is 0 Å². The van der Waals surface area contributed by atoms with Crippen LogP contribution in [-0.2, 0) is 0 Å². The Hall–Kier alpha value is -1.27. The van der Waals surface area contributed by atoms with Crippen molar-refractivity contribution < 1.29 is 17.9 Å². The largest absolute Gasteiger partial charge is 0.573 e. The first-order valence-electron chi connectivity index (χ1n) is 7.30. The summed E-state index contributed by atoms with van der Waals surface area (Å²) < 4.78 is 41.0. The van der Waals surface area contributed by atoms with E-state index in [9.17, 15) is 13.2 Å². The molecular formula is C15H21F3N2O. The quantitative estimate of drug-likeness (QED) is 0.903. The van der Waals surface area contributed by atoms with Crippen LogP contribution in [0, 0.1) is 0 Å². The maximum atomic E-state index is 12.3. The summed E-state index contributed by atoms with van der Waals surface area (Å²) >= 11 is 0. The molecule has 21 heavy (non-hydrogen) atoms. The second-order valence-corrected chi connectivity index (χ2v) is 5.21. The van der Waals surface area contributed by atoms with Crippen LogP contribution in [0.15, 0.2) is 24.3 Å². The van der Waals surface area contributed by atoms with E-state index in [-0.39, 0.29) is 11.8 Å². The zero-order chi connectivity index (χ0) is 15.3. The highest BCUT2D eigenvalue weighted by molar-refractivity contribution is 5.31. The van der Waals surface area contributed by atoms with E-state index in [2.05, 4.69) is 21.9 Å². The smallest absolute Gasteiger partial charge is 0.406 e.